The van der Waals surface area contributed by atoms with Gasteiger partial charge in [0, 0.05) is 19.9 Å². The van der Waals surface area contributed by atoms with Crippen LogP contribution in [0.4, 0.5) is 0 Å². The number of β-amino-alcohol motifs (C(OH)–C–C–N with tert-alkyl or cyclic N) is 1. The lowest BCUT2D eigenvalue weighted by Gasteiger charge is -2.19. The SMILES string of the molecule is CC(=O)N1CC(O)C[C@H]1C(N)=O. The minimum atomic E-state index is -0.627. The molecule has 0 spiro atoms. The second kappa shape index (κ2) is 3.10. The fourth-order valence-corrected chi connectivity index (χ4v) is 1.43. The number of carbonyl (C=O) groups excluding carboxylic acids is 2. The van der Waals surface area contributed by atoms with E-state index in [0.717, 1.165) is 0 Å². The molecule has 0 aromatic rings. The van der Waals surface area contributed by atoms with Gasteiger partial charge in [-0.1, -0.05) is 0 Å². The normalized spacial score (nSPS) is 29.0. The van der Waals surface area contributed by atoms with Crippen LogP contribution in [-0.4, -0.2) is 40.5 Å². The number of rotatable bonds is 1. The van der Waals surface area contributed by atoms with Crippen molar-refractivity contribution in [2.45, 2.75) is 25.5 Å². The molecule has 1 aliphatic rings. The molecule has 0 aliphatic carbocycles. The Labute approximate surface area is 70.1 Å². The zero-order chi connectivity index (χ0) is 9.30. The van der Waals surface area contributed by atoms with Gasteiger partial charge >= 0.3 is 0 Å². The van der Waals surface area contributed by atoms with Crippen LogP contribution >= 0.6 is 0 Å². The van der Waals surface area contributed by atoms with E-state index in [0.29, 0.717) is 0 Å². The summed E-state index contributed by atoms with van der Waals surface area (Å²) in [5.41, 5.74) is 5.04. The zero-order valence-electron chi connectivity index (χ0n) is 6.86. The molecule has 2 atom stereocenters. The number of primary amides is 1. The predicted octanol–water partition coefficient (Wildman–Crippen LogP) is -1.55. The third kappa shape index (κ3) is 1.55. The Kier molecular flexibility index (Phi) is 2.32. The van der Waals surface area contributed by atoms with E-state index < -0.39 is 18.1 Å². The summed E-state index contributed by atoms with van der Waals surface area (Å²) in [5.74, 6) is -0.780. The first-order chi connectivity index (χ1) is 5.52. The summed E-state index contributed by atoms with van der Waals surface area (Å²) in [5, 5.41) is 9.17. The number of aliphatic hydroxyl groups is 1. The molecule has 0 aromatic heterocycles. The van der Waals surface area contributed by atoms with Crippen LogP contribution in [0, 0.1) is 0 Å². The molecule has 0 radical (unpaired) electrons. The zero-order valence-corrected chi connectivity index (χ0v) is 6.86. The van der Waals surface area contributed by atoms with Crippen molar-refractivity contribution in [2.24, 2.45) is 5.73 Å². The highest BCUT2D eigenvalue weighted by atomic mass is 16.3. The van der Waals surface area contributed by atoms with Crippen molar-refractivity contribution < 1.29 is 14.7 Å². The molecule has 1 rings (SSSR count). The summed E-state index contributed by atoms with van der Waals surface area (Å²) in [7, 11) is 0. The standard InChI is InChI=1S/C7H12N2O3/c1-4(10)9-3-5(11)2-6(9)7(8)12/h5-6,11H,2-3H2,1H3,(H2,8,12)/t5?,6-/m0/s1. The van der Waals surface area contributed by atoms with E-state index in [-0.39, 0.29) is 18.9 Å². The van der Waals surface area contributed by atoms with Crippen molar-refractivity contribution in [2.75, 3.05) is 6.54 Å². The van der Waals surface area contributed by atoms with E-state index in [1.807, 2.05) is 0 Å². The Hall–Kier alpha value is -1.10. The number of aliphatic hydroxyl groups excluding tert-OH is 1. The van der Waals surface area contributed by atoms with Gasteiger partial charge in [0.25, 0.3) is 0 Å². The summed E-state index contributed by atoms with van der Waals surface area (Å²) >= 11 is 0. The maximum absolute atomic E-state index is 10.9. The Balaban J connectivity index is 2.72. The van der Waals surface area contributed by atoms with E-state index in [1.165, 1.54) is 11.8 Å². The minimum Gasteiger partial charge on any atom is -0.391 e. The third-order valence-electron chi connectivity index (χ3n) is 2.01. The van der Waals surface area contributed by atoms with Gasteiger partial charge in [0.1, 0.15) is 6.04 Å². The molecule has 0 aromatic carbocycles. The average molecular weight is 172 g/mol. The van der Waals surface area contributed by atoms with E-state index in [1.54, 1.807) is 0 Å². The molecule has 5 nitrogen and oxygen atoms in total. The van der Waals surface area contributed by atoms with Gasteiger partial charge in [-0.05, 0) is 0 Å². The number of nitrogens with two attached hydrogens (primary N) is 1. The lowest BCUT2D eigenvalue weighted by molar-refractivity contribution is -0.135. The second-order valence-electron chi connectivity index (χ2n) is 2.98. The lowest BCUT2D eigenvalue weighted by Crippen LogP contribution is -2.42. The van der Waals surface area contributed by atoms with Crippen molar-refractivity contribution in [3.63, 3.8) is 0 Å². The molecule has 1 heterocycles. The van der Waals surface area contributed by atoms with Crippen LogP contribution in [0.5, 0.6) is 0 Å². The van der Waals surface area contributed by atoms with Crippen molar-refractivity contribution in [3.8, 4) is 0 Å². The molecule has 5 heteroatoms. The van der Waals surface area contributed by atoms with Crippen LogP contribution in [0.25, 0.3) is 0 Å². The monoisotopic (exact) mass is 172 g/mol. The lowest BCUT2D eigenvalue weighted by atomic mass is 10.2. The average Bonchev–Trinajstić information content (AvgIpc) is 2.31. The molecular weight excluding hydrogens is 160 g/mol. The van der Waals surface area contributed by atoms with E-state index in [4.69, 9.17) is 10.8 Å². The highest BCUT2D eigenvalue weighted by Gasteiger charge is 2.35. The summed E-state index contributed by atoms with van der Waals surface area (Å²) in [6.45, 7) is 1.57. The quantitative estimate of drug-likeness (QED) is 0.502. The highest BCUT2D eigenvalue weighted by Crippen LogP contribution is 2.17. The summed E-state index contributed by atoms with van der Waals surface area (Å²) < 4.78 is 0. The van der Waals surface area contributed by atoms with Crippen molar-refractivity contribution in [1.82, 2.24) is 4.90 Å². The Morgan fingerprint density at radius 3 is 2.50 bits per heavy atom. The van der Waals surface area contributed by atoms with Crippen LogP contribution in [0.2, 0.25) is 0 Å². The Morgan fingerprint density at radius 1 is 1.58 bits per heavy atom. The van der Waals surface area contributed by atoms with Gasteiger partial charge in [-0.3, -0.25) is 9.59 Å². The van der Waals surface area contributed by atoms with Crippen LogP contribution < -0.4 is 5.73 Å². The van der Waals surface area contributed by atoms with Crippen molar-refractivity contribution in [3.05, 3.63) is 0 Å². The molecule has 1 unspecified atom stereocenters. The van der Waals surface area contributed by atoms with Gasteiger partial charge in [0.05, 0.1) is 6.10 Å². The molecule has 0 saturated carbocycles. The number of hydrogen-bond acceptors (Lipinski definition) is 3. The van der Waals surface area contributed by atoms with Crippen LogP contribution in [0.1, 0.15) is 13.3 Å². The number of likely N-dealkylation sites (tertiary alicyclic amines) is 1. The van der Waals surface area contributed by atoms with Gasteiger partial charge in [0.15, 0.2) is 0 Å². The molecular formula is C7H12N2O3. The minimum absolute atomic E-state index is 0.211. The van der Waals surface area contributed by atoms with Gasteiger partial charge in [-0.25, -0.2) is 0 Å². The predicted molar refractivity (Wildman–Crippen MR) is 41.0 cm³/mol. The van der Waals surface area contributed by atoms with E-state index >= 15 is 0 Å². The molecule has 0 bridgehead atoms. The first-order valence-electron chi connectivity index (χ1n) is 3.77. The first-order valence-corrected chi connectivity index (χ1v) is 3.77. The van der Waals surface area contributed by atoms with E-state index in [2.05, 4.69) is 0 Å². The number of carbonyl (C=O) groups is 2. The summed E-state index contributed by atoms with van der Waals surface area (Å²) in [4.78, 5) is 23.0. The molecule has 1 aliphatic heterocycles. The van der Waals surface area contributed by atoms with E-state index in [9.17, 15) is 9.59 Å². The number of nitrogens with zero attached hydrogens (tertiary/aromatic N) is 1. The molecule has 68 valence electrons. The van der Waals surface area contributed by atoms with Crippen molar-refractivity contribution >= 4 is 11.8 Å². The Morgan fingerprint density at radius 2 is 2.17 bits per heavy atom. The maximum Gasteiger partial charge on any atom is 0.240 e. The van der Waals surface area contributed by atoms with Gasteiger partial charge < -0.3 is 15.7 Å². The van der Waals surface area contributed by atoms with Crippen LogP contribution in [-0.2, 0) is 9.59 Å². The molecule has 3 N–H and O–H groups in total. The topological polar surface area (TPSA) is 83.6 Å². The molecule has 1 fully saturated rings. The second-order valence-corrected chi connectivity index (χ2v) is 2.98. The van der Waals surface area contributed by atoms with Crippen molar-refractivity contribution in [1.29, 1.82) is 0 Å². The summed E-state index contributed by atoms with van der Waals surface area (Å²) in [6, 6.07) is -0.627. The number of amides is 2. The number of hydrogen-bond donors (Lipinski definition) is 2. The highest BCUT2D eigenvalue weighted by molar-refractivity contribution is 5.86. The molecule has 2 amide bonds. The van der Waals surface area contributed by atoms with Gasteiger partial charge in [-0.15, -0.1) is 0 Å². The van der Waals surface area contributed by atoms with Crippen LogP contribution in [0.3, 0.4) is 0 Å². The fourth-order valence-electron chi connectivity index (χ4n) is 1.43. The molecule has 1 saturated heterocycles. The summed E-state index contributed by atoms with van der Waals surface area (Å²) in [6.07, 6.45) is -0.360. The van der Waals surface area contributed by atoms with Gasteiger partial charge in [0.2, 0.25) is 11.8 Å². The fraction of sp³-hybridized carbons (Fsp3) is 0.714. The third-order valence-corrected chi connectivity index (χ3v) is 2.01. The van der Waals surface area contributed by atoms with Gasteiger partial charge in [-0.2, -0.15) is 0 Å². The maximum atomic E-state index is 10.9. The smallest absolute Gasteiger partial charge is 0.240 e. The molecule has 12 heavy (non-hydrogen) atoms. The van der Waals surface area contributed by atoms with Crippen LogP contribution in [0.15, 0.2) is 0 Å². The Bertz CT molecular complexity index is 195. The first kappa shape index (κ1) is 8.99. The largest absolute Gasteiger partial charge is 0.391 e.